The van der Waals surface area contributed by atoms with Crippen LogP contribution in [0.25, 0.3) is 0 Å². The molecule has 0 radical (unpaired) electrons. The third kappa shape index (κ3) is 63.0. The maximum Gasteiger partial charge on any atom is 0.306 e. The first-order valence-electron chi connectivity index (χ1n) is 32.7. The van der Waals surface area contributed by atoms with E-state index in [9.17, 15) is 14.4 Å². The van der Waals surface area contributed by atoms with Crippen LogP contribution in [0.1, 0.15) is 316 Å². The van der Waals surface area contributed by atoms with Crippen molar-refractivity contribution in [3.8, 4) is 0 Å². The van der Waals surface area contributed by atoms with Crippen molar-refractivity contribution >= 4 is 17.9 Å². The summed E-state index contributed by atoms with van der Waals surface area (Å²) in [7, 11) is 0. The summed E-state index contributed by atoms with van der Waals surface area (Å²) in [4.78, 5) is 38.2. The predicted molar refractivity (Wildman–Crippen MR) is 334 cm³/mol. The molecule has 0 aliphatic rings. The molecule has 0 fully saturated rings. The third-order valence-electron chi connectivity index (χ3n) is 14.1. The Balaban J connectivity index is 4.15. The monoisotopic (exact) mass is 1070 g/mol. The van der Waals surface area contributed by atoms with Gasteiger partial charge >= 0.3 is 17.9 Å². The van der Waals surface area contributed by atoms with E-state index in [4.69, 9.17) is 14.2 Å². The first kappa shape index (κ1) is 73.3. The van der Waals surface area contributed by atoms with Gasteiger partial charge in [-0.15, -0.1) is 0 Å². The number of hydrogen-bond donors (Lipinski definition) is 0. The Labute approximate surface area is 477 Å². The summed E-state index contributed by atoms with van der Waals surface area (Å²) in [6.45, 7) is 6.47. The number of carbonyl (C=O) groups is 3. The second-order valence-electron chi connectivity index (χ2n) is 21.6. The molecule has 0 saturated carbocycles. The van der Waals surface area contributed by atoms with Crippen LogP contribution in [0.4, 0.5) is 0 Å². The molecular weight excluding hydrogens is 949 g/mol. The number of unbranched alkanes of at least 4 members (excludes halogenated alkanes) is 32. The van der Waals surface area contributed by atoms with E-state index in [0.717, 1.165) is 128 Å². The summed E-state index contributed by atoms with van der Waals surface area (Å²) in [6, 6.07) is 0. The zero-order valence-corrected chi connectivity index (χ0v) is 50.7. The van der Waals surface area contributed by atoms with Gasteiger partial charge in [0.25, 0.3) is 0 Å². The molecule has 0 aromatic rings. The van der Waals surface area contributed by atoms with E-state index in [1.807, 2.05) is 0 Å². The minimum Gasteiger partial charge on any atom is -0.462 e. The highest BCUT2D eigenvalue weighted by atomic mass is 16.6. The molecule has 0 bridgehead atoms. The molecular formula is C71H122O6. The van der Waals surface area contributed by atoms with Crippen LogP contribution < -0.4 is 0 Å². The van der Waals surface area contributed by atoms with E-state index in [-0.39, 0.29) is 31.1 Å². The fourth-order valence-corrected chi connectivity index (χ4v) is 9.19. The molecule has 77 heavy (non-hydrogen) atoms. The molecule has 0 aliphatic heterocycles. The Morgan fingerprint density at radius 2 is 0.532 bits per heavy atom. The minimum atomic E-state index is -0.782. The van der Waals surface area contributed by atoms with Gasteiger partial charge in [-0.3, -0.25) is 14.4 Å². The van der Waals surface area contributed by atoms with Crippen molar-refractivity contribution in [3.05, 3.63) is 97.2 Å². The number of allylic oxidation sites excluding steroid dienone is 16. The Bertz CT molecular complexity index is 1510. The zero-order chi connectivity index (χ0) is 55.7. The molecule has 0 heterocycles. The predicted octanol–water partition coefficient (Wildman–Crippen LogP) is 22.4. The molecule has 0 N–H and O–H groups in total. The Morgan fingerprint density at radius 1 is 0.273 bits per heavy atom. The summed E-state index contributed by atoms with van der Waals surface area (Å²) >= 11 is 0. The molecule has 0 amide bonds. The number of ether oxygens (including phenoxy) is 3. The van der Waals surface area contributed by atoms with Gasteiger partial charge < -0.3 is 14.2 Å². The van der Waals surface area contributed by atoms with Gasteiger partial charge in [0.1, 0.15) is 13.2 Å². The van der Waals surface area contributed by atoms with Crippen LogP contribution in [0.3, 0.4) is 0 Å². The van der Waals surface area contributed by atoms with Gasteiger partial charge in [-0.05, 0) is 96.3 Å². The topological polar surface area (TPSA) is 78.9 Å². The van der Waals surface area contributed by atoms with Gasteiger partial charge in [0.05, 0.1) is 0 Å². The van der Waals surface area contributed by atoms with Crippen LogP contribution >= 0.6 is 0 Å². The summed E-state index contributed by atoms with van der Waals surface area (Å²) in [5.41, 5.74) is 0. The molecule has 0 aliphatic carbocycles. The van der Waals surface area contributed by atoms with Gasteiger partial charge in [0, 0.05) is 19.3 Å². The first-order chi connectivity index (χ1) is 38.0. The van der Waals surface area contributed by atoms with Crippen molar-refractivity contribution in [2.75, 3.05) is 13.2 Å². The van der Waals surface area contributed by atoms with Gasteiger partial charge in [0.2, 0.25) is 0 Å². The fourth-order valence-electron chi connectivity index (χ4n) is 9.19. The number of esters is 3. The standard InChI is InChI=1S/C71H122O6/c1-4-7-10-13-16-19-22-25-26-27-28-29-30-31-32-33-34-35-36-37-38-39-40-41-42-43-44-47-49-52-55-58-61-64-70(73)76-67-68(77-71(74)65-62-59-56-53-50-46-24-21-18-15-12-9-6-3)66-75-69(72)63-60-57-54-51-48-45-23-20-17-14-11-8-5-2/h7,10,12,15-16,19,21,24-26,28-29,31-32,34-35,68H,4-6,8-9,11,13-14,17-18,20,22-23,27,30,33,36-67H2,1-3H3/b10-7-,15-12-,19-16-,24-21-,26-25-,29-28-,32-31-,35-34-. The molecule has 0 rings (SSSR count). The smallest absolute Gasteiger partial charge is 0.306 e. The molecule has 0 spiro atoms. The first-order valence-corrected chi connectivity index (χ1v) is 32.7. The lowest BCUT2D eigenvalue weighted by Gasteiger charge is -2.18. The lowest BCUT2D eigenvalue weighted by molar-refractivity contribution is -0.167. The Hall–Kier alpha value is -3.67. The zero-order valence-electron chi connectivity index (χ0n) is 50.7. The summed E-state index contributed by atoms with van der Waals surface area (Å²) in [5, 5.41) is 0. The van der Waals surface area contributed by atoms with Crippen LogP contribution in [0.15, 0.2) is 97.2 Å². The average molecular weight is 1070 g/mol. The van der Waals surface area contributed by atoms with Crippen LogP contribution in [-0.2, 0) is 28.6 Å². The third-order valence-corrected chi connectivity index (χ3v) is 14.1. The van der Waals surface area contributed by atoms with Crippen molar-refractivity contribution in [3.63, 3.8) is 0 Å². The molecule has 0 saturated heterocycles. The van der Waals surface area contributed by atoms with E-state index in [1.54, 1.807) is 0 Å². The van der Waals surface area contributed by atoms with Crippen molar-refractivity contribution in [2.45, 2.75) is 322 Å². The quantitative estimate of drug-likeness (QED) is 0.0261. The molecule has 442 valence electrons. The fraction of sp³-hybridized carbons (Fsp3) is 0.732. The van der Waals surface area contributed by atoms with E-state index in [0.29, 0.717) is 19.3 Å². The molecule has 0 aromatic carbocycles. The highest BCUT2D eigenvalue weighted by molar-refractivity contribution is 5.71. The van der Waals surface area contributed by atoms with Gasteiger partial charge in [0.15, 0.2) is 6.10 Å². The maximum absolute atomic E-state index is 12.9. The van der Waals surface area contributed by atoms with Crippen molar-refractivity contribution in [1.29, 1.82) is 0 Å². The van der Waals surface area contributed by atoms with Gasteiger partial charge in [-0.25, -0.2) is 0 Å². The van der Waals surface area contributed by atoms with Gasteiger partial charge in [-0.2, -0.15) is 0 Å². The number of carbonyl (C=O) groups excluding carboxylic acids is 3. The van der Waals surface area contributed by atoms with Crippen molar-refractivity contribution < 1.29 is 28.6 Å². The van der Waals surface area contributed by atoms with Crippen molar-refractivity contribution in [2.24, 2.45) is 0 Å². The highest BCUT2D eigenvalue weighted by Gasteiger charge is 2.19. The minimum absolute atomic E-state index is 0.0788. The van der Waals surface area contributed by atoms with E-state index in [1.165, 1.54) is 148 Å². The van der Waals surface area contributed by atoms with E-state index in [2.05, 4.69) is 118 Å². The van der Waals surface area contributed by atoms with Crippen LogP contribution in [0.5, 0.6) is 0 Å². The van der Waals surface area contributed by atoms with E-state index < -0.39 is 6.10 Å². The number of hydrogen-bond acceptors (Lipinski definition) is 6. The summed E-state index contributed by atoms with van der Waals surface area (Å²) < 4.78 is 16.9. The van der Waals surface area contributed by atoms with Crippen molar-refractivity contribution in [1.82, 2.24) is 0 Å². The molecule has 1 unspecified atom stereocenters. The summed E-state index contributed by atoms with van der Waals surface area (Å²) in [5.74, 6) is -0.883. The van der Waals surface area contributed by atoms with Gasteiger partial charge in [-0.1, -0.05) is 298 Å². The molecule has 6 nitrogen and oxygen atoms in total. The Morgan fingerprint density at radius 3 is 0.844 bits per heavy atom. The van der Waals surface area contributed by atoms with Crippen LogP contribution in [-0.4, -0.2) is 37.2 Å². The normalized spacial score (nSPS) is 12.7. The molecule has 6 heteroatoms. The van der Waals surface area contributed by atoms with Crippen LogP contribution in [0, 0.1) is 0 Å². The maximum atomic E-state index is 12.9. The lowest BCUT2D eigenvalue weighted by atomic mass is 10.0. The van der Waals surface area contributed by atoms with E-state index >= 15 is 0 Å². The SMILES string of the molecule is CC/C=C\C/C=C\C/C=C\C/C=C\C/C=C\C/C=C\CCCCCCCCCCCCCCCCC(=O)OCC(COC(=O)CCCCCCCCCCCCCCC)OC(=O)CCCCCCC/C=C\C/C=C\CCC. The molecule has 0 aromatic heterocycles. The lowest BCUT2D eigenvalue weighted by Crippen LogP contribution is -2.30. The summed E-state index contributed by atoms with van der Waals surface area (Å²) in [6.07, 6.45) is 87.1. The Kier molecular flexibility index (Phi) is 61.8. The second kappa shape index (κ2) is 64.9. The number of rotatable bonds is 59. The highest BCUT2D eigenvalue weighted by Crippen LogP contribution is 2.17. The largest absolute Gasteiger partial charge is 0.462 e. The molecule has 1 atom stereocenters. The van der Waals surface area contributed by atoms with Crippen LogP contribution in [0.2, 0.25) is 0 Å². The second-order valence-corrected chi connectivity index (χ2v) is 21.6. The average Bonchev–Trinajstić information content (AvgIpc) is 3.43.